The highest BCUT2D eigenvalue weighted by Gasteiger charge is 2.30. The highest BCUT2D eigenvalue weighted by Crippen LogP contribution is 2.31. The lowest BCUT2D eigenvalue weighted by molar-refractivity contribution is -0.117. The smallest absolute Gasteiger partial charge is 0.228 e. The fourth-order valence-electron chi connectivity index (χ4n) is 1.70. The van der Waals surface area contributed by atoms with Gasteiger partial charge in [-0.2, -0.15) is 0 Å². The maximum Gasteiger partial charge on any atom is 0.228 e. The van der Waals surface area contributed by atoms with Gasteiger partial charge in [0.05, 0.1) is 11.4 Å². The summed E-state index contributed by atoms with van der Waals surface area (Å²) in [5.74, 6) is 0.474. The molecule has 1 aliphatic heterocycles. The predicted molar refractivity (Wildman–Crippen MR) is 70.8 cm³/mol. The van der Waals surface area contributed by atoms with Crippen molar-refractivity contribution in [1.82, 2.24) is 4.98 Å². The quantitative estimate of drug-likeness (QED) is 0.792. The number of nitrogens with two attached hydrogens (primary N) is 1. The van der Waals surface area contributed by atoms with E-state index in [9.17, 15) is 4.79 Å². The molecule has 2 heterocycles. The summed E-state index contributed by atoms with van der Waals surface area (Å²) in [5, 5.41) is 0. The van der Waals surface area contributed by atoms with Gasteiger partial charge in [-0.15, -0.1) is 0 Å². The van der Waals surface area contributed by atoms with Crippen molar-refractivity contribution in [3.63, 3.8) is 0 Å². The van der Waals surface area contributed by atoms with Crippen LogP contribution in [0.4, 0.5) is 11.5 Å². The molecule has 1 aliphatic rings. The van der Waals surface area contributed by atoms with E-state index in [0.29, 0.717) is 24.5 Å². The van der Waals surface area contributed by atoms with Crippen LogP contribution in [-0.2, 0) is 4.79 Å². The minimum Gasteiger partial charge on any atom is -0.382 e. The van der Waals surface area contributed by atoms with Gasteiger partial charge in [0, 0.05) is 22.3 Å². The van der Waals surface area contributed by atoms with Gasteiger partial charge in [-0.3, -0.25) is 4.79 Å². The summed E-state index contributed by atoms with van der Waals surface area (Å²) in [6.45, 7) is 2.50. The van der Waals surface area contributed by atoms with Crippen LogP contribution in [0.1, 0.15) is 12.1 Å². The van der Waals surface area contributed by atoms with Gasteiger partial charge in [0.15, 0.2) is 0 Å². The van der Waals surface area contributed by atoms with Gasteiger partial charge < -0.3 is 10.6 Å². The van der Waals surface area contributed by atoms with E-state index in [0.717, 1.165) is 10.2 Å². The number of nitrogen functional groups attached to an aromatic ring is 1. The van der Waals surface area contributed by atoms with Crippen LogP contribution in [0.15, 0.2) is 10.5 Å². The van der Waals surface area contributed by atoms with Crippen LogP contribution in [0.5, 0.6) is 0 Å². The SMILES string of the molecule is Cc1nc(N)c(N2CC(Br)CC2=O)cc1Br. The second-order valence-corrected chi connectivity index (χ2v) is 5.92. The monoisotopic (exact) mass is 347 g/mol. The van der Waals surface area contributed by atoms with Crippen LogP contribution in [-0.4, -0.2) is 22.3 Å². The van der Waals surface area contributed by atoms with Crippen LogP contribution in [0, 0.1) is 6.92 Å². The number of hydrogen-bond acceptors (Lipinski definition) is 3. The molecule has 0 saturated carbocycles. The maximum absolute atomic E-state index is 11.7. The molecule has 0 aromatic carbocycles. The van der Waals surface area contributed by atoms with Gasteiger partial charge in [-0.1, -0.05) is 15.9 Å². The highest BCUT2D eigenvalue weighted by atomic mass is 79.9. The molecule has 1 saturated heterocycles. The summed E-state index contributed by atoms with van der Waals surface area (Å²) < 4.78 is 0.863. The first-order valence-corrected chi connectivity index (χ1v) is 6.57. The van der Waals surface area contributed by atoms with Gasteiger partial charge in [0.25, 0.3) is 0 Å². The van der Waals surface area contributed by atoms with Crippen LogP contribution >= 0.6 is 31.9 Å². The zero-order valence-electron chi connectivity index (χ0n) is 8.70. The third-order valence-corrected chi connectivity index (χ3v) is 3.94. The number of carbonyl (C=O) groups is 1. The standard InChI is InChI=1S/C10H11Br2N3O/c1-5-7(12)3-8(10(13)14-5)15-4-6(11)2-9(15)16/h3,6H,2,4H2,1H3,(H2,13,14). The molecule has 1 aromatic heterocycles. The lowest BCUT2D eigenvalue weighted by Gasteiger charge is -2.18. The Morgan fingerprint density at radius 2 is 2.31 bits per heavy atom. The van der Waals surface area contributed by atoms with E-state index in [1.54, 1.807) is 4.90 Å². The molecule has 0 aliphatic carbocycles. The molecule has 1 unspecified atom stereocenters. The van der Waals surface area contributed by atoms with Gasteiger partial charge in [0.1, 0.15) is 5.82 Å². The number of anilines is 2. The van der Waals surface area contributed by atoms with Crippen molar-refractivity contribution in [2.75, 3.05) is 17.2 Å². The van der Waals surface area contributed by atoms with E-state index in [1.165, 1.54) is 0 Å². The predicted octanol–water partition coefficient (Wildman–Crippen LogP) is 2.23. The zero-order valence-corrected chi connectivity index (χ0v) is 11.9. The average Bonchev–Trinajstić information content (AvgIpc) is 2.51. The molecule has 2 N–H and O–H groups in total. The molecule has 86 valence electrons. The number of amides is 1. The fraction of sp³-hybridized carbons (Fsp3) is 0.400. The molecule has 2 rings (SSSR count). The van der Waals surface area contributed by atoms with Crippen molar-refractivity contribution in [2.24, 2.45) is 0 Å². The molecular formula is C10H11Br2N3O. The summed E-state index contributed by atoms with van der Waals surface area (Å²) in [4.78, 5) is 17.8. The average molecular weight is 349 g/mol. The number of halogens is 2. The third-order valence-electron chi connectivity index (χ3n) is 2.53. The Morgan fingerprint density at radius 3 is 2.88 bits per heavy atom. The van der Waals surface area contributed by atoms with E-state index in [2.05, 4.69) is 36.8 Å². The van der Waals surface area contributed by atoms with Crippen molar-refractivity contribution in [3.8, 4) is 0 Å². The lowest BCUT2D eigenvalue weighted by atomic mass is 10.3. The summed E-state index contributed by atoms with van der Waals surface area (Å²) in [6.07, 6.45) is 0.505. The molecule has 1 fully saturated rings. The number of nitrogens with zero attached hydrogens (tertiary/aromatic N) is 2. The Hall–Kier alpha value is -0.620. The van der Waals surface area contributed by atoms with Crippen LogP contribution < -0.4 is 10.6 Å². The summed E-state index contributed by atoms with van der Waals surface area (Å²) in [6, 6.07) is 1.85. The largest absolute Gasteiger partial charge is 0.382 e. The van der Waals surface area contributed by atoms with Crippen LogP contribution in [0.25, 0.3) is 0 Å². The van der Waals surface area contributed by atoms with Crippen molar-refractivity contribution in [2.45, 2.75) is 18.2 Å². The fourth-order valence-corrected chi connectivity index (χ4v) is 2.57. The minimum atomic E-state index is 0.0751. The molecule has 16 heavy (non-hydrogen) atoms. The van der Waals surface area contributed by atoms with Crippen molar-refractivity contribution >= 4 is 49.3 Å². The second kappa shape index (κ2) is 4.33. The number of pyridine rings is 1. The van der Waals surface area contributed by atoms with Gasteiger partial charge in [-0.05, 0) is 28.9 Å². The number of hydrogen-bond donors (Lipinski definition) is 1. The molecule has 1 amide bonds. The molecule has 6 heteroatoms. The summed E-state index contributed by atoms with van der Waals surface area (Å²) >= 11 is 6.83. The van der Waals surface area contributed by atoms with E-state index in [1.807, 2.05) is 13.0 Å². The molecule has 1 atom stereocenters. The first-order chi connectivity index (χ1) is 7.49. The summed E-state index contributed by atoms with van der Waals surface area (Å²) in [7, 11) is 0. The first kappa shape index (κ1) is 11.9. The Balaban J connectivity index is 2.41. The minimum absolute atomic E-state index is 0.0751. The number of aryl methyl sites for hydroxylation is 1. The van der Waals surface area contributed by atoms with Crippen LogP contribution in [0.3, 0.4) is 0 Å². The zero-order chi connectivity index (χ0) is 11.9. The Kier molecular flexibility index (Phi) is 3.21. The van der Waals surface area contributed by atoms with Gasteiger partial charge in [0.2, 0.25) is 5.91 Å². The van der Waals surface area contributed by atoms with Crippen molar-refractivity contribution in [1.29, 1.82) is 0 Å². The summed E-state index contributed by atoms with van der Waals surface area (Å²) in [5.41, 5.74) is 7.34. The third kappa shape index (κ3) is 2.08. The number of carbonyl (C=O) groups excluding carboxylic acids is 1. The Bertz CT molecular complexity index is 450. The van der Waals surface area contributed by atoms with E-state index < -0.39 is 0 Å². The molecule has 0 radical (unpaired) electrons. The highest BCUT2D eigenvalue weighted by molar-refractivity contribution is 9.10. The number of aromatic nitrogens is 1. The lowest BCUT2D eigenvalue weighted by Crippen LogP contribution is -2.26. The molecule has 4 nitrogen and oxygen atoms in total. The molecule has 1 aromatic rings. The molecule has 0 spiro atoms. The normalized spacial score (nSPS) is 20.6. The van der Waals surface area contributed by atoms with Gasteiger partial charge >= 0.3 is 0 Å². The molecular weight excluding hydrogens is 338 g/mol. The van der Waals surface area contributed by atoms with E-state index >= 15 is 0 Å². The first-order valence-electron chi connectivity index (χ1n) is 4.86. The van der Waals surface area contributed by atoms with Crippen molar-refractivity contribution in [3.05, 3.63) is 16.2 Å². The maximum atomic E-state index is 11.7. The Morgan fingerprint density at radius 1 is 1.62 bits per heavy atom. The van der Waals surface area contributed by atoms with Crippen molar-refractivity contribution < 1.29 is 4.79 Å². The van der Waals surface area contributed by atoms with E-state index in [4.69, 9.17) is 5.73 Å². The van der Waals surface area contributed by atoms with Crippen LogP contribution in [0.2, 0.25) is 0 Å². The number of alkyl halides is 1. The Labute approximate surface area is 110 Å². The number of rotatable bonds is 1. The van der Waals surface area contributed by atoms with Gasteiger partial charge in [-0.25, -0.2) is 4.98 Å². The van der Waals surface area contributed by atoms with E-state index in [-0.39, 0.29) is 10.7 Å². The topological polar surface area (TPSA) is 59.2 Å². The molecule has 0 bridgehead atoms. The second-order valence-electron chi connectivity index (χ2n) is 3.77.